The lowest BCUT2D eigenvalue weighted by Crippen LogP contribution is -2.24. The van der Waals surface area contributed by atoms with Crippen molar-refractivity contribution in [2.24, 2.45) is 0 Å². The van der Waals surface area contributed by atoms with Crippen LogP contribution in [0.3, 0.4) is 0 Å². The molecule has 3 rings (SSSR count). The Labute approximate surface area is 141 Å². The van der Waals surface area contributed by atoms with E-state index in [9.17, 15) is 4.79 Å². The second-order valence-corrected chi connectivity index (χ2v) is 7.05. The molecule has 1 N–H and O–H groups in total. The molecule has 1 heterocycles. The largest absolute Gasteiger partial charge is 0.377 e. The molecular weight excluding hydrogens is 306 g/mol. The van der Waals surface area contributed by atoms with Gasteiger partial charge in [-0.3, -0.25) is 4.79 Å². The highest BCUT2D eigenvalue weighted by Gasteiger charge is 2.16. The van der Waals surface area contributed by atoms with Crippen LogP contribution in [0.25, 0.3) is 0 Å². The Kier molecular flexibility index (Phi) is 5.83. The summed E-state index contributed by atoms with van der Waals surface area (Å²) in [5.74, 6) is 0.0625. The van der Waals surface area contributed by atoms with E-state index in [1.165, 1.54) is 28.8 Å². The molecule has 0 spiro atoms. The van der Waals surface area contributed by atoms with Crippen molar-refractivity contribution in [1.82, 2.24) is 5.32 Å². The third-order valence-corrected chi connectivity index (χ3v) is 5.32. The van der Waals surface area contributed by atoms with Crippen LogP contribution >= 0.6 is 11.3 Å². The zero-order chi connectivity index (χ0) is 15.9. The van der Waals surface area contributed by atoms with Crippen LogP contribution in [-0.2, 0) is 24.2 Å². The van der Waals surface area contributed by atoms with Gasteiger partial charge in [-0.25, -0.2) is 0 Å². The lowest BCUT2D eigenvalue weighted by Gasteiger charge is -2.08. The van der Waals surface area contributed by atoms with Crippen LogP contribution in [0, 0.1) is 0 Å². The van der Waals surface area contributed by atoms with E-state index in [1.54, 1.807) is 11.3 Å². The molecular formula is C19H23NO2S. The third-order valence-electron chi connectivity index (χ3n) is 4.08. The molecule has 1 aliphatic carbocycles. The van der Waals surface area contributed by atoms with Gasteiger partial charge in [-0.15, -0.1) is 11.3 Å². The van der Waals surface area contributed by atoms with Crippen LogP contribution in [0.1, 0.15) is 44.9 Å². The first kappa shape index (κ1) is 16.2. The Bertz CT molecular complexity index is 613. The summed E-state index contributed by atoms with van der Waals surface area (Å²) >= 11 is 1.67. The Hall–Kier alpha value is -1.65. The maximum Gasteiger partial charge on any atom is 0.261 e. The first-order valence-electron chi connectivity index (χ1n) is 8.34. The van der Waals surface area contributed by atoms with Gasteiger partial charge >= 0.3 is 0 Å². The van der Waals surface area contributed by atoms with Gasteiger partial charge in [-0.05, 0) is 49.3 Å². The standard InChI is InChI=1S/C19H23NO2S/c21-19(18-13-16-9-4-5-10-17(16)23-18)20-11-6-12-22-14-15-7-2-1-3-8-15/h1-3,7-8,13H,4-6,9-12,14H2,(H,20,21). The molecule has 1 aromatic carbocycles. The molecule has 0 fully saturated rings. The van der Waals surface area contributed by atoms with Crippen LogP contribution in [0.5, 0.6) is 0 Å². The second-order valence-electron chi connectivity index (χ2n) is 5.91. The number of thiophene rings is 1. The third kappa shape index (κ3) is 4.66. The fourth-order valence-electron chi connectivity index (χ4n) is 2.83. The summed E-state index contributed by atoms with van der Waals surface area (Å²) in [6.07, 6.45) is 5.62. The molecule has 4 heteroatoms. The first-order valence-corrected chi connectivity index (χ1v) is 9.16. The highest BCUT2D eigenvalue weighted by atomic mass is 32.1. The Morgan fingerprint density at radius 3 is 2.83 bits per heavy atom. The zero-order valence-electron chi connectivity index (χ0n) is 13.3. The number of aryl methyl sites for hydroxylation is 2. The number of hydrogen-bond donors (Lipinski definition) is 1. The van der Waals surface area contributed by atoms with E-state index >= 15 is 0 Å². The molecule has 0 radical (unpaired) electrons. The number of amides is 1. The van der Waals surface area contributed by atoms with E-state index in [-0.39, 0.29) is 5.91 Å². The van der Waals surface area contributed by atoms with Crippen molar-refractivity contribution in [2.45, 2.75) is 38.7 Å². The number of hydrogen-bond acceptors (Lipinski definition) is 3. The quantitative estimate of drug-likeness (QED) is 0.781. The summed E-state index contributed by atoms with van der Waals surface area (Å²) in [6.45, 7) is 1.96. The van der Waals surface area contributed by atoms with E-state index < -0.39 is 0 Å². The second kappa shape index (κ2) is 8.27. The Balaban J connectivity index is 1.34. The minimum absolute atomic E-state index is 0.0625. The van der Waals surface area contributed by atoms with Gasteiger partial charge < -0.3 is 10.1 Å². The van der Waals surface area contributed by atoms with E-state index in [1.807, 2.05) is 18.2 Å². The topological polar surface area (TPSA) is 38.3 Å². The van der Waals surface area contributed by atoms with Gasteiger partial charge in [0.05, 0.1) is 11.5 Å². The highest BCUT2D eigenvalue weighted by Crippen LogP contribution is 2.29. The van der Waals surface area contributed by atoms with Crippen molar-refractivity contribution < 1.29 is 9.53 Å². The number of benzene rings is 1. The summed E-state index contributed by atoms with van der Waals surface area (Å²) < 4.78 is 5.62. The molecule has 1 aliphatic rings. The molecule has 2 aromatic rings. The van der Waals surface area contributed by atoms with Crippen LogP contribution in [0.15, 0.2) is 36.4 Å². The maximum absolute atomic E-state index is 12.2. The summed E-state index contributed by atoms with van der Waals surface area (Å²) in [5, 5.41) is 3.00. The molecule has 1 amide bonds. The molecule has 1 aromatic heterocycles. The van der Waals surface area contributed by atoms with Gasteiger partial charge in [0.15, 0.2) is 0 Å². The minimum atomic E-state index is 0.0625. The minimum Gasteiger partial charge on any atom is -0.377 e. The summed E-state index contributed by atoms with van der Waals surface area (Å²) in [6, 6.07) is 12.2. The molecule has 0 unspecified atom stereocenters. The number of fused-ring (bicyclic) bond motifs is 1. The monoisotopic (exact) mass is 329 g/mol. The number of nitrogens with one attached hydrogen (secondary N) is 1. The van der Waals surface area contributed by atoms with Crippen molar-refractivity contribution in [3.63, 3.8) is 0 Å². The number of rotatable bonds is 7. The SMILES string of the molecule is O=C(NCCCOCc1ccccc1)c1cc2c(s1)CCCC2. The lowest BCUT2D eigenvalue weighted by molar-refractivity contribution is 0.0938. The smallest absolute Gasteiger partial charge is 0.261 e. The molecule has 0 atom stereocenters. The van der Waals surface area contributed by atoms with Crippen molar-refractivity contribution >= 4 is 17.2 Å². The van der Waals surface area contributed by atoms with Gasteiger partial charge in [-0.2, -0.15) is 0 Å². The fourth-order valence-corrected chi connectivity index (χ4v) is 4.00. The average Bonchev–Trinajstić information content (AvgIpc) is 3.03. The van der Waals surface area contributed by atoms with Crippen molar-refractivity contribution in [3.05, 3.63) is 57.3 Å². The summed E-state index contributed by atoms with van der Waals surface area (Å²) in [5.41, 5.74) is 2.57. The van der Waals surface area contributed by atoms with Crippen LogP contribution < -0.4 is 5.32 Å². The maximum atomic E-state index is 12.2. The molecule has 0 saturated carbocycles. The van der Waals surface area contributed by atoms with E-state index in [2.05, 4.69) is 23.5 Å². The number of ether oxygens (including phenoxy) is 1. The van der Waals surface area contributed by atoms with Crippen molar-refractivity contribution in [2.75, 3.05) is 13.2 Å². The average molecular weight is 329 g/mol. The Morgan fingerprint density at radius 1 is 1.17 bits per heavy atom. The molecule has 3 nitrogen and oxygen atoms in total. The first-order chi connectivity index (χ1) is 11.3. The molecule has 0 aliphatic heterocycles. The van der Waals surface area contributed by atoms with Gasteiger partial charge in [0.1, 0.15) is 0 Å². The summed E-state index contributed by atoms with van der Waals surface area (Å²) in [4.78, 5) is 14.4. The predicted octanol–water partition coefficient (Wildman–Crippen LogP) is 3.96. The fraction of sp³-hybridized carbons (Fsp3) is 0.421. The number of carbonyl (C=O) groups excluding carboxylic acids is 1. The van der Waals surface area contributed by atoms with E-state index in [0.717, 1.165) is 24.1 Å². The molecule has 0 bridgehead atoms. The van der Waals surface area contributed by atoms with E-state index in [4.69, 9.17) is 4.74 Å². The van der Waals surface area contributed by atoms with Crippen LogP contribution in [0.2, 0.25) is 0 Å². The lowest BCUT2D eigenvalue weighted by atomic mass is 9.99. The van der Waals surface area contributed by atoms with Gasteiger partial charge in [0.25, 0.3) is 5.91 Å². The van der Waals surface area contributed by atoms with Gasteiger partial charge in [0.2, 0.25) is 0 Å². The van der Waals surface area contributed by atoms with Gasteiger partial charge in [-0.1, -0.05) is 30.3 Å². The van der Waals surface area contributed by atoms with Crippen LogP contribution in [0.4, 0.5) is 0 Å². The zero-order valence-corrected chi connectivity index (χ0v) is 14.2. The van der Waals surface area contributed by atoms with Crippen molar-refractivity contribution in [3.8, 4) is 0 Å². The predicted molar refractivity (Wildman–Crippen MR) is 94.0 cm³/mol. The molecule has 23 heavy (non-hydrogen) atoms. The van der Waals surface area contributed by atoms with Gasteiger partial charge in [0, 0.05) is 18.0 Å². The molecule has 0 saturated heterocycles. The summed E-state index contributed by atoms with van der Waals surface area (Å²) in [7, 11) is 0. The molecule has 122 valence electrons. The van der Waals surface area contributed by atoms with Crippen molar-refractivity contribution in [1.29, 1.82) is 0 Å². The van der Waals surface area contributed by atoms with Crippen LogP contribution in [-0.4, -0.2) is 19.1 Å². The van der Waals surface area contributed by atoms with E-state index in [0.29, 0.717) is 19.8 Å². The normalized spacial score (nSPS) is 13.6. The Morgan fingerprint density at radius 2 is 2.00 bits per heavy atom. The number of carbonyl (C=O) groups is 1. The highest BCUT2D eigenvalue weighted by molar-refractivity contribution is 7.14.